The van der Waals surface area contributed by atoms with Crippen LogP contribution in [0.25, 0.3) is 0 Å². The highest BCUT2D eigenvalue weighted by Crippen LogP contribution is 2.15. The Labute approximate surface area is 68.7 Å². The van der Waals surface area contributed by atoms with Crippen LogP contribution in [0.1, 0.15) is 27.7 Å². The first-order valence-electron chi connectivity index (χ1n) is 3.32. The summed E-state index contributed by atoms with van der Waals surface area (Å²) < 4.78 is 0. The van der Waals surface area contributed by atoms with Crippen LogP contribution in [0.15, 0.2) is 16.6 Å². The molecular weight excluding hydrogens is 142 g/mol. The van der Waals surface area contributed by atoms with Crippen LogP contribution in [-0.2, 0) is 0 Å². The molecule has 0 aromatic heterocycles. The summed E-state index contributed by atoms with van der Waals surface area (Å²) in [5, 5.41) is 1.63. The Morgan fingerprint density at radius 2 is 1.90 bits per heavy atom. The fraction of sp³-hybridized carbons (Fsp3) is 0.625. The van der Waals surface area contributed by atoms with E-state index in [1.165, 1.54) is 0 Å². The summed E-state index contributed by atoms with van der Waals surface area (Å²) in [4.78, 5) is 4.17. The van der Waals surface area contributed by atoms with Gasteiger partial charge < -0.3 is 0 Å². The van der Waals surface area contributed by atoms with E-state index in [1.807, 2.05) is 6.92 Å². The lowest BCUT2D eigenvalue weighted by Crippen LogP contribution is -2.15. The second-order valence-corrected chi connectivity index (χ2v) is 3.56. The standard InChI is InChI=1S/C8H15NS/c1-7(8(2,3)4)9-5-6-10/h5-6,10H,1-4H3/b6-5-,9-7+. The van der Waals surface area contributed by atoms with E-state index in [0.29, 0.717) is 0 Å². The molecule has 0 heterocycles. The van der Waals surface area contributed by atoms with Crippen molar-refractivity contribution in [2.45, 2.75) is 27.7 Å². The molecule has 0 spiro atoms. The average Bonchev–Trinajstić information content (AvgIpc) is 1.80. The van der Waals surface area contributed by atoms with Gasteiger partial charge in [0.25, 0.3) is 0 Å². The predicted molar refractivity (Wildman–Crippen MR) is 50.7 cm³/mol. The maximum absolute atomic E-state index is 4.17. The first-order chi connectivity index (χ1) is 4.48. The highest BCUT2D eigenvalue weighted by molar-refractivity contribution is 7.83. The number of rotatable bonds is 1. The van der Waals surface area contributed by atoms with Crippen LogP contribution in [0, 0.1) is 5.41 Å². The minimum atomic E-state index is 0.174. The summed E-state index contributed by atoms with van der Waals surface area (Å²) in [6.45, 7) is 8.43. The minimum Gasteiger partial charge on any atom is -0.265 e. The molecule has 1 nitrogen and oxygen atoms in total. The molecule has 2 heteroatoms. The molecule has 0 radical (unpaired) electrons. The Balaban J connectivity index is 4.20. The lowest BCUT2D eigenvalue weighted by molar-refractivity contribution is 0.588. The molecule has 10 heavy (non-hydrogen) atoms. The van der Waals surface area contributed by atoms with Crippen LogP contribution in [0.3, 0.4) is 0 Å². The molecule has 0 rings (SSSR count). The normalized spacial score (nSPS) is 14.7. The highest BCUT2D eigenvalue weighted by Gasteiger charge is 2.12. The Bertz CT molecular complexity index is 151. The second-order valence-electron chi connectivity index (χ2n) is 3.26. The third-order valence-corrected chi connectivity index (χ3v) is 1.55. The van der Waals surface area contributed by atoms with Crippen molar-refractivity contribution < 1.29 is 0 Å². The molecule has 0 fully saturated rings. The van der Waals surface area contributed by atoms with Gasteiger partial charge in [-0.3, -0.25) is 4.99 Å². The topological polar surface area (TPSA) is 12.4 Å². The molecule has 0 saturated carbocycles. The molecular formula is C8H15NS. The van der Waals surface area contributed by atoms with Crippen LogP contribution in [0.4, 0.5) is 0 Å². The van der Waals surface area contributed by atoms with E-state index in [0.717, 1.165) is 5.71 Å². The van der Waals surface area contributed by atoms with E-state index in [2.05, 4.69) is 38.4 Å². The Morgan fingerprint density at radius 1 is 1.40 bits per heavy atom. The van der Waals surface area contributed by atoms with Crippen LogP contribution in [0.2, 0.25) is 0 Å². The number of hydrogen-bond acceptors (Lipinski definition) is 2. The number of hydrogen-bond donors (Lipinski definition) is 1. The summed E-state index contributed by atoms with van der Waals surface area (Å²) in [6, 6.07) is 0. The Kier molecular flexibility index (Phi) is 3.72. The van der Waals surface area contributed by atoms with E-state index in [9.17, 15) is 0 Å². The maximum Gasteiger partial charge on any atom is 0.0327 e. The van der Waals surface area contributed by atoms with Crippen molar-refractivity contribution in [1.29, 1.82) is 0 Å². The molecule has 0 aromatic carbocycles. The van der Waals surface area contributed by atoms with Crippen molar-refractivity contribution >= 4 is 18.3 Å². The molecule has 0 aromatic rings. The molecule has 58 valence electrons. The fourth-order valence-electron chi connectivity index (χ4n) is 0.339. The molecule has 0 N–H and O–H groups in total. The van der Waals surface area contributed by atoms with Crippen molar-refractivity contribution in [3.05, 3.63) is 11.6 Å². The van der Waals surface area contributed by atoms with Gasteiger partial charge in [-0.1, -0.05) is 20.8 Å². The minimum absolute atomic E-state index is 0.174. The van der Waals surface area contributed by atoms with Crippen LogP contribution < -0.4 is 0 Å². The molecule has 0 unspecified atom stereocenters. The zero-order valence-corrected chi connectivity index (χ0v) is 7.94. The third-order valence-electron chi connectivity index (χ3n) is 1.42. The zero-order chi connectivity index (χ0) is 8.20. The van der Waals surface area contributed by atoms with Gasteiger partial charge >= 0.3 is 0 Å². The van der Waals surface area contributed by atoms with Crippen molar-refractivity contribution in [3.8, 4) is 0 Å². The van der Waals surface area contributed by atoms with Crippen molar-refractivity contribution in [2.75, 3.05) is 0 Å². The first kappa shape index (κ1) is 9.76. The van der Waals surface area contributed by atoms with Gasteiger partial charge in [-0.25, -0.2) is 0 Å². The lowest BCUT2D eigenvalue weighted by Gasteiger charge is -2.16. The van der Waals surface area contributed by atoms with Gasteiger partial charge in [0.2, 0.25) is 0 Å². The Hall–Kier alpha value is -0.240. The largest absolute Gasteiger partial charge is 0.265 e. The first-order valence-corrected chi connectivity index (χ1v) is 3.84. The number of aliphatic imine (C=N–C) groups is 1. The summed E-state index contributed by atoms with van der Waals surface area (Å²) in [5.74, 6) is 0. The SMILES string of the molecule is C/C(=N\C=C/S)C(C)(C)C. The third kappa shape index (κ3) is 3.72. The van der Waals surface area contributed by atoms with Crippen LogP contribution >= 0.6 is 12.6 Å². The van der Waals surface area contributed by atoms with Gasteiger partial charge in [0.05, 0.1) is 0 Å². The van der Waals surface area contributed by atoms with Gasteiger partial charge in [-0.15, -0.1) is 12.6 Å². The molecule has 0 amide bonds. The average molecular weight is 157 g/mol. The van der Waals surface area contributed by atoms with Gasteiger partial charge in [0.1, 0.15) is 0 Å². The molecule has 0 saturated heterocycles. The van der Waals surface area contributed by atoms with E-state index in [1.54, 1.807) is 11.6 Å². The molecule has 0 aliphatic heterocycles. The van der Waals surface area contributed by atoms with Crippen LogP contribution in [0.5, 0.6) is 0 Å². The molecule has 0 aliphatic rings. The van der Waals surface area contributed by atoms with Crippen molar-refractivity contribution in [1.82, 2.24) is 0 Å². The second kappa shape index (κ2) is 3.81. The zero-order valence-electron chi connectivity index (χ0n) is 7.05. The molecule has 0 bridgehead atoms. The fourth-order valence-corrected chi connectivity index (χ4v) is 0.405. The van der Waals surface area contributed by atoms with Gasteiger partial charge in [0.15, 0.2) is 0 Å². The summed E-state index contributed by atoms with van der Waals surface area (Å²) >= 11 is 3.90. The monoisotopic (exact) mass is 157 g/mol. The summed E-state index contributed by atoms with van der Waals surface area (Å²) in [7, 11) is 0. The smallest absolute Gasteiger partial charge is 0.0327 e. The van der Waals surface area contributed by atoms with Gasteiger partial charge in [0, 0.05) is 11.9 Å². The predicted octanol–water partition coefficient (Wildman–Crippen LogP) is 2.89. The van der Waals surface area contributed by atoms with Gasteiger partial charge in [-0.2, -0.15) is 0 Å². The Morgan fingerprint density at radius 3 is 2.20 bits per heavy atom. The maximum atomic E-state index is 4.17. The summed E-state index contributed by atoms with van der Waals surface area (Å²) in [5.41, 5.74) is 1.30. The summed E-state index contributed by atoms with van der Waals surface area (Å²) in [6.07, 6.45) is 1.70. The highest BCUT2D eigenvalue weighted by atomic mass is 32.1. The molecule has 0 aliphatic carbocycles. The van der Waals surface area contributed by atoms with Crippen molar-refractivity contribution in [3.63, 3.8) is 0 Å². The van der Waals surface area contributed by atoms with E-state index in [4.69, 9.17) is 0 Å². The lowest BCUT2D eigenvalue weighted by atomic mass is 9.91. The van der Waals surface area contributed by atoms with E-state index >= 15 is 0 Å². The van der Waals surface area contributed by atoms with Crippen molar-refractivity contribution in [2.24, 2.45) is 10.4 Å². The van der Waals surface area contributed by atoms with E-state index in [-0.39, 0.29) is 5.41 Å². The van der Waals surface area contributed by atoms with E-state index < -0.39 is 0 Å². The number of nitrogens with zero attached hydrogens (tertiary/aromatic N) is 1. The molecule has 0 atom stereocenters. The number of thiol groups is 1. The quantitative estimate of drug-likeness (QED) is 0.444. The van der Waals surface area contributed by atoms with Crippen LogP contribution in [-0.4, -0.2) is 5.71 Å². The van der Waals surface area contributed by atoms with Gasteiger partial charge in [-0.05, 0) is 17.7 Å².